The Morgan fingerprint density at radius 1 is 0.310 bits per heavy atom. The Bertz CT molecular complexity index is 1700. The van der Waals surface area contributed by atoms with Crippen LogP contribution in [0.1, 0.15) is 343 Å². The van der Waals surface area contributed by atoms with E-state index in [0.29, 0.717) is 25.7 Å². The number of phosphoric ester groups is 2. The van der Waals surface area contributed by atoms with Gasteiger partial charge in [0.2, 0.25) is 0 Å². The summed E-state index contributed by atoms with van der Waals surface area (Å²) in [6, 6.07) is 0. The van der Waals surface area contributed by atoms with Crippen molar-refractivity contribution in [3.05, 3.63) is 0 Å². The Morgan fingerprint density at radius 2 is 0.529 bits per heavy atom. The number of carbonyl (C=O) groups excluding carboxylic acids is 4. The van der Waals surface area contributed by atoms with Crippen molar-refractivity contribution in [2.45, 2.75) is 362 Å². The van der Waals surface area contributed by atoms with Gasteiger partial charge in [0.15, 0.2) is 12.2 Å². The molecule has 0 bridgehead atoms. The summed E-state index contributed by atoms with van der Waals surface area (Å²) in [4.78, 5) is 72.2. The maximum atomic E-state index is 13.0. The number of carbonyl (C=O) groups is 4. The molecular formula is C68H132O17P2. The second-order valence-corrected chi connectivity index (χ2v) is 28.4. The summed E-state index contributed by atoms with van der Waals surface area (Å²) in [5, 5.41) is 10.5. The highest BCUT2D eigenvalue weighted by Crippen LogP contribution is 2.45. The van der Waals surface area contributed by atoms with Gasteiger partial charge in [-0.1, -0.05) is 292 Å². The number of hydrogen-bond donors (Lipinski definition) is 3. The van der Waals surface area contributed by atoms with Crippen LogP contribution in [0.4, 0.5) is 0 Å². The van der Waals surface area contributed by atoms with Gasteiger partial charge in [-0.2, -0.15) is 0 Å². The molecular weight excluding hydrogens is 1150 g/mol. The van der Waals surface area contributed by atoms with E-state index in [0.717, 1.165) is 115 Å². The zero-order valence-corrected chi connectivity index (χ0v) is 58.1. The van der Waals surface area contributed by atoms with Gasteiger partial charge in [0.05, 0.1) is 26.4 Å². The van der Waals surface area contributed by atoms with Crippen LogP contribution in [0.3, 0.4) is 0 Å². The number of rotatable bonds is 67. The van der Waals surface area contributed by atoms with Crippen molar-refractivity contribution in [2.24, 2.45) is 11.8 Å². The van der Waals surface area contributed by atoms with Crippen LogP contribution in [0.25, 0.3) is 0 Å². The average Bonchev–Trinajstić information content (AvgIpc) is 3.70. The van der Waals surface area contributed by atoms with Gasteiger partial charge >= 0.3 is 39.5 Å². The first kappa shape index (κ1) is 85.1. The van der Waals surface area contributed by atoms with Crippen molar-refractivity contribution in [3.63, 3.8) is 0 Å². The normalized spacial score (nSPS) is 14.2. The van der Waals surface area contributed by atoms with E-state index in [4.69, 9.17) is 37.0 Å². The van der Waals surface area contributed by atoms with Gasteiger partial charge in [-0.25, -0.2) is 9.13 Å². The fourth-order valence-electron chi connectivity index (χ4n) is 10.2. The Kier molecular flexibility index (Phi) is 59.0. The first-order chi connectivity index (χ1) is 41.9. The standard InChI is InChI=1S/C68H132O17P2/c1-7-9-11-13-15-25-34-40-46-52-67(72)84-63(56-78-65(70)50-44-38-30-14-12-10-8-2)58-82-86(74,75)80-54-62(69)55-81-87(76,77)83-59-64(57-79-66(71)51-45-39-33-29-24-27-32-37-43-49-61(5)6)85-68(73)53-47-41-35-28-23-21-19-17-16-18-20-22-26-31-36-42-48-60(3)4/h60-64,69H,7-59H2,1-6H3,(H,74,75)(H,76,77)/t62-,63+,64+/m0/s1. The summed E-state index contributed by atoms with van der Waals surface area (Å²) in [6.45, 7) is 9.48. The second-order valence-electron chi connectivity index (χ2n) is 25.5. The lowest BCUT2D eigenvalue weighted by Crippen LogP contribution is -2.30. The molecule has 87 heavy (non-hydrogen) atoms. The van der Waals surface area contributed by atoms with Crippen LogP contribution in [-0.2, 0) is 65.4 Å². The average molecular weight is 1280 g/mol. The van der Waals surface area contributed by atoms with Crippen molar-refractivity contribution in [2.75, 3.05) is 39.6 Å². The number of hydrogen-bond acceptors (Lipinski definition) is 15. The highest BCUT2D eigenvalue weighted by atomic mass is 31.2. The summed E-state index contributed by atoms with van der Waals surface area (Å²) in [5.41, 5.74) is 0. The van der Waals surface area contributed by atoms with Gasteiger partial charge in [-0.05, 0) is 37.5 Å². The molecule has 0 aliphatic rings. The largest absolute Gasteiger partial charge is 0.472 e. The third-order valence-electron chi connectivity index (χ3n) is 15.7. The minimum absolute atomic E-state index is 0.105. The number of phosphoric acid groups is 2. The molecule has 0 spiro atoms. The topological polar surface area (TPSA) is 237 Å². The lowest BCUT2D eigenvalue weighted by Gasteiger charge is -2.21. The van der Waals surface area contributed by atoms with Crippen LogP contribution < -0.4 is 0 Å². The lowest BCUT2D eigenvalue weighted by atomic mass is 10.0. The van der Waals surface area contributed by atoms with Crippen LogP contribution in [0, 0.1) is 11.8 Å². The van der Waals surface area contributed by atoms with E-state index >= 15 is 0 Å². The van der Waals surface area contributed by atoms with E-state index in [-0.39, 0.29) is 25.7 Å². The number of aliphatic hydroxyl groups excluding tert-OH is 1. The number of esters is 4. The van der Waals surface area contributed by atoms with Gasteiger partial charge in [0.1, 0.15) is 19.3 Å². The maximum absolute atomic E-state index is 13.0. The van der Waals surface area contributed by atoms with Gasteiger partial charge < -0.3 is 33.8 Å². The van der Waals surface area contributed by atoms with Gasteiger partial charge in [0, 0.05) is 25.7 Å². The molecule has 0 heterocycles. The summed E-state index contributed by atoms with van der Waals surface area (Å²) in [5.74, 6) is -0.580. The van der Waals surface area contributed by atoms with Crippen LogP contribution in [0.2, 0.25) is 0 Å². The fourth-order valence-corrected chi connectivity index (χ4v) is 11.8. The third kappa shape index (κ3) is 62.6. The second kappa shape index (κ2) is 60.3. The van der Waals surface area contributed by atoms with Crippen molar-refractivity contribution >= 4 is 39.5 Å². The van der Waals surface area contributed by atoms with Crippen molar-refractivity contribution in [1.82, 2.24) is 0 Å². The molecule has 19 heteroatoms. The van der Waals surface area contributed by atoms with Gasteiger partial charge in [-0.3, -0.25) is 37.3 Å². The zero-order valence-electron chi connectivity index (χ0n) is 56.3. The molecule has 3 N–H and O–H groups in total. The maximum Gasteiger partial charge on any atom is 0.472 e. The molecule has 0 aromatic heterocycles. The third-order valence-corrected chi connectivity index (χ3v) is 17.6. The summed E-state index contributed by atoms with van der Waals surface area (Å²) in [7, 11) is -9.89. The highest BCUT2D eigenvalue weighted by Gasteiger charge is 2.30. The molecule has 2 unspecified atom stereocenters. The van der Waals surface area contributed by atoms with Crippen LogP contribution in [-0.4, -0.2) is 96.7 Å². The minimum Gasteiger partial charge on any atom is -0.462 e. The monoisotopic (exact) mass is 1280 g/mol. The Hall–Kier alpha value is -1.94. The molecule has 0 aliphatic carbocycles. The molecule has 0 aliphatic heterocycles. The Morgan fingerprint density at radius 3 is 0.782 bits per heavy atom. The zero-order chi connectivity index (χ0) is 64.3. The molecule has 0 radical (unpaired) electrons. The number of unbranched alkanes of at least 4 members (excludes halogenated alkanes) is 37. The molecule has 5 atom stereocenters. The van der Waals surface area contributed by atoms with Crippen LogP contribution >= 0.6 is 15.6 Å². The fraction of sp³-hybridized carbons (Fsp3) is 0.941. The smallest absolute Gasteiger partial charge is 0.462 e. The molecule has 0 fully saturated rings. The van der Waals surface area contributed by atoms with E-state index in [9.17, 15) is 43.2 Å². The van der Waals surface area contributed by atoms with Crippen LogP contribution in [0.5, 0.6) is 0 Å². The van der Waals surface area contributed by atoms with Crippen LogP contribution in [0.15, 0.2) is 0 Å². The van der Waals surface area contributed by atoms with Gasteiger partial charge in [-0.15, -0.1) is 0 Å². The molecule has 0 amide bonds. The molecule has 0 aromatic rings. The predicted octanol–water partition coefficient (Wildman–Crippen LogP) is 19.2. The molecule has 0 aromatic carbocycles. The lowest BCUT2D eigenvalue weighted by molar-refractivity contribution is -0.161. The molecule has 0 saturated carbocycles. The Labute approximate surface area is 530 Å². The molecule has 0 saturated heterocycles. The summed E-state index contributed by atoms with van der Waals surface area (Å²) < 4.78 is 68.0. The first-order valence-electron chi connectivity index (χ1n) is 35.5. The van der Waals surface area contributed by atoms with Crippen molar-refractivity contribution in [3.8, 4) is 0 Å². The molecule has 0 rings (SSSR count). The van der Waals surface area contributed by atoms with E-state index in [1.807, 2.05) is 0 Å². The minimum atomic E-state index is -4.95. The summed E-state index contributed by atoms with van der Waals surface area (Å²) in [6.07, 6.45) is 44.6. The summed E-state index contributed by atoms with van der Waals surface area (Å²) >= 11 is 0. The highest BCUT2D eigenvalue weighted by molar-refractivity contribution is 7.47. The van der Waals surface area contributed by atoms with Crippen molar-refractivity contribution < 1.29 is 80.2 Å². The Balaban J connectivity index is 5.16. The number of ether oxygens (including phenoxy) is 4. The first-order valence-corrected chi connectivity index (χ1v) is 38.5. The SMILES string of the molecule is CCCCCCCCCCCC(=O)O[C@H](COC(=O)CCCCCCCCC)COP(=O)(O)OC[C@H](O)COP(=O)(O)OC[C@@H](COC(=O)CCCCCCCCCCCC(C)C)OC(=O)CCCCCCCCCCCCCCCCCCC(C)C. The van der Waals surface area contributed by atoms with Gasteiger partial charge in [0.25, 0.3) is 0 Å². The molecule has 17 nitrogen and oxygen atoms in total. The van der Waals surface area contributed by atoms with Crippen molar-refractivity contribution in [1.29, 1.82) is 0 Å². The van der Waals surface area contributed by atoms with E-state index in [1.54, 1.807) is 0 Å². The van der Waals surface area contributed by atoms with E-state index in [2.05, 4.69) is 41.5 Å². The molecule has 516 valence electrons. The predicted molar refractivity (Wildman–Crippen MR) is 349 cm³/mol. The number of aliphatic hydroxyl groups is 1. The van der Waals surface area contributed by atoms with E-state index in [1.165, 1.54) is 148 Å². The quantitative estimate of drug-likeness (QED) is 0.0222. The van der Waals surface area contributed by atoms with E-state index < -0.39 is 97.5 Å².